The zero-order valence-electron chi connectivity index (χ0n) is 21.4. The van der Waals surface area contributed by atoms with Gasteiger partial charge >= 0.3 is 0 Å². The van der Waals surface area contributed by atoms with Gasteiger partial charge in [-0.25, -0.2) is 4.85 Å². The molecule has 1 aromatic carbocycles. The molecule has 0 saturated heterocycles. The van der Waals surface area contributed by atoms with E-state index < -0.39 is 6.04 Å². The molecule has 1 amide bonds. The van der Waals surface area contributed by atoms with E-state index >= 15 is 0 Å². The highest BCUT2D eigenvalue weighted by Crippen LogP contribution is 2.33. The number of hydrogen-bond donors (Lipinski definition) is 3. The largest absolute Gasteiger partial charge is 0.358 e. The lowest BCUT2D eigenvalue weighted by Crippen LogP contribution is -2.43. The second-order valence-corrected chi connectivity index (χ2v) is 10.2. The summed E-state index contributed by atoms with van der Waals surface area (Å²) in [5, 5.41) is 9.87. The number of hydrogen-bond acceptors (Lipinski definition) is 5. The summed E-state index contributed by atoms with van der Waals surface area (Å²) < 4.78 is 1.93. The van der Waals surface area contributed by atoms with Crippen LogP contribution >= 0.6 is 0 Å². The standard InChI is InChI=1S/C29H35N7O/c1-30-22-13-14-23-21(18-22)11-8-12-24(23)33-28(37)25(17-20-9-4-3-5-10-20)32-26-19-27(35-29(31-2)34-26)36-15-6-7-16-36/h6-7,13-16,18-20,24-25H,3-5,8-12,17H2,2H3,(H,33,37)(H2,31,32,34,35)/t24-,25+/m0/s1. The second-order valence-electron chi connectivity index (χ2n) is 10.2. The van der Waals surface area contributed by atoms with Gasteiger partial charge < -0.3 is 20.5 Å². The van der Waals surface area contributed by atoms with Crippen molar-refractivity contribution >= 4 is 23.4 Å². The highest BCUT2D eigenvalue weighted by atomic mass is 16.2. The first-order valence-electron chi connectivity index (χ1n) is 13.4. The first-order chi connectivity index (χ1) is 18.1. The predicted molar refractivity (Wildman–Crippen MR) is 146 cm³/mol. The summed E-state index contributed by atoms with van der Waals surface area (Å²) in [7, 11) is 1.80. The molecule has 1 fully saturated rings. The van der Waals surface area contributed by atoms with Crippen molar-refractivity contribution in [1.82, 2.24) is 19.9 Å². The van der Waals surface area contributed by atoms with E-state index in [4.69, 9.17) is 6.57 Å². The molecule has 37 heavy (non-hydrogen) atoms. The third kappa shape index (κ3) is 5.93. The Hall–Kier alpha value is -3.86. The number of aryl methyl sites for hydroxylation is 1. The van der Waals surface area contributed by atoms with Gasteiger partial charge in [-0.05, 0) is 49.3 Å². The number of nitrogens with one attached hydrogen (secondary N) is 3. The van der Waals surface area contributed by atoms with E-state index in [2.05, 4.69) is 30.8 Å². The molecule has 0 unspecified atom stereocenters. The van der Waals surface area contributed by atoms with Crippen LogP contribution in [0, 0.1) is 12.5 Å². The molecule has 2 heterocycles. The quantitative estimate of drug-likeness (QED) is 0.342. The van der Waals surface area contributed by atoms with Crippen LogP contribution in [0.1, 0.15) is 68.5 Å². The number of carbonyl (C=O) groups is 1. The lowest BCUT2D eigenvalue weighted by Gasteiger charge is -2.31. The Morgan fingerprint density at radius 2 is 1.92 bits per heavy atom. The van der Waals surface area contributed by atoms with E-state index in [1.807, 2.05) is 53.4 Å². The molecule has 0 bridgehead atoms. The minimum absolute atomic E-state index is 0.00446. The van der Waals surface area contributed by atoms with Crippen LogP contribution in [-0.2, 0) is 11.2 Å². The normalized spacial score (nSPS) is 18.3. The summed E-state index contributed by atoms with van der Waals surface area (Å²) in [6, 6.07) is 11.2. The van der Waals surface area contributed by atoms with Gasteiger partial charge in [0.2, 0.25) is 11.9 Å². The first-order valence-corrected chi connectivity index (χ1v) is 13.4. The van der Waals surface area contributed by atoms with E-state index in [9.17, 15) is 4.79 Å². The monoisotopic (exact) mass is 497 g/mol. The van der Waals surface area contributed by atoms with Crippen molar-refractivity contribution in [3.8, 4) is 5.82 Å². The van der Waals surface area contributed by atoms with Gasteiger partial charge in [0.05, 0.1) is 12.6 Å². The van der Waals surface area contributed by atoms with E-state index in [1.54, 1.807) is 7.05 Å². The molecule has 8 heteroatoms. The first kappa shape index (κ1) is 24.8. The molecular formula is C29H35N7O. The van der Waals surface area contributed by atoms with Gasteiger partial charge in [-0.3, -0.25) is 4.79 Å². The maximum atomic E-state index is 13.8. The topological polar surface area (TPSA) is 88.2 Å². The van der Waals surface area contributed by atoms with E-state index in [0.29, 0.717) is 23.4 Å². The maximum absolute atomic E-state index is 13.8. The van der Waals surface area contributed by atoms with E-state index in [-0.39, 0.29) is 11.9 Å². The lowest BCUT2D eigenvalue weighted by molar-refractivity contribution is -0.123. The predicted octanol–water partition coefficient (Wildman–Crippen LogP) is 5.80. The summed E-state index contributed by atoms with van der Waals surface area (Å²) in [5.74, 6) is 2.39. The summed E-state index contributed by atoms with van der Waals surface area (Å²) in [6.45, 7) is 7.33. The Morgan fingerprint density at radius 3 is 2.68 bits per heavy atom. The average molecular weight is 498 g/mol. The van der Waals surface area contributed by atoms with Crippen LogP contribution in [0.25, 0.3) is 10.7 Å². The van der Waals surface area contributed by atoms with Gasteiger partial charge in [0.1, 0.15) is 17.7 Å². The molecule has 2 atom stereocenters. The number of fused-ring (bicyclic) bond motifs is 1. The Balaban J connectivity index is 1.39. The number of benzene rings is 1. The smallest absolute Gasteiger partial charge is 0.243 e. The molecule has 5 rings (SSSR count). The van der Waals surface area contributed by atoms with Crippen molar-refractivity contribution in [2.24, 2.45) is 5.92 Å². The summed E-state index contributed by atoms with van der Waals surface area (Å²) in [6.07, 6.45) is 13.6. The van der Waals surface area contributed by atoms with E-state index in [0.717, 1.165) is 49.9 Å². The molecule has 3 N–H and O–H groups in total. The molecule has 0 aliphatic heterocycles. The van der Waals surface area contributed by atoms with Gasteiger partial charge in [0.25, 0.3) is 0 Å². The van der Waals surface area contributed by atoms with Crippen LogP contribution in [-0.4, -0.2) is 33.5 Å². The van der Waals surface area contributed by atoms with Crippen molar-refractivity contribution in [2.75, 3.05) is 17.7 Å². The van der Waals surface area contributed by atoms with E-state index in [1.165, 1.54) is 24.8 Å². The number of rotatable bonds is 8. The third-order valence-corrected chi connectivity index (χ3v) is 7.62. The molecule has 192 valence electrons. The molecule has 0 spiro atoms. The maximum Gasteiger partial charge on any atom is 0.243 e. The fourth-order valence-electron chi connectivity index (χ4n) is 5.70. The number of aromatic nitrogens is 3. The van der Waals surface area contributed by atoms with Crippen molar-refractivity contribution in [1.29, 1.82) is 0 Å². The molecule has 1 saturated carbocycles. The van der Waals surface area contributed by atoms with Gasteiger partial charge in [0.15, 0.2) is 5.69 Å². The number of nitrogens with zero attached hydrogens (tertiary/aromatic N) is 4. The molecular weight excluding hydrogens is 462 g/mol. The molecule has 2 aromatic heterocycles. The lowest BCUT2D eigenvalue weighted by atomic mass is 9.84. The zero-order valence-corrected chi connectivity index (χ0v) is 21.4. The molecule has 3 aromatic rings. The fraction of sp³-hybridized carbons (Fsp3) is 0.448. The van der Waals surface area contributed by atoms with Crippen LogP contribution in [0.4, 0.5) is 17.5 Å². The molecule has 2 aliphatic rings. The zero-order chi connectivity index (χ0) is 25.6. The van der Waals surface area contributed by atoms with Gasteiger partial charge in [-0.15, -0.1) is 0 Å². The second kappa shape index (κ2) is 11.5. The number of amides is 1. The minimum Gasteiger partial charge on any atom is -0.358 e. The van der Waals surface area contributed by atoms with Crippen LogP contribution in [0.3, 0.4) is 0 Å². The highest BCUT2D eigenvalue weighted by Gasteiger charge is 2.29. The Labute approximate surface area is 218 Å². The number of anilines is 2. The van der Waals surface area contributed by atoms with Crippen molar-refractivity contribution in [2.45, 2.75) is 69.9 Å². The van der Waals surface area contributed by atoms with Gasteiger partial charge in [0, 0.05) is 25.5 Å². The van der Waals surface area contributed by atoms with Crippen molar-refractivity contribution in [3.63, 3.8) is 0 Å². The Bertz CT molecular complexity index is 1260. The minimum atomic E-state index is -0.395. The summed E-state index contributed by atoms with van der Waals surface area (Å²) in [4.78, 5) is 26.6. The summed E-state index contributed by atoms with van der Waals surface area (Å²) in [5.41, 5.74) is 2.97. The van der Waals surface area contributed by atoms with Crippen LogP contribution in [0.2, 0.25) is 0 Å². The molecule has 0 radical (unpaired) electrons. The van der Waals surface area contributed by atoms with Crippen molar-refractivity contribution < 1.29 is 4.79 Å². The Morgan fingerprint density at radius 1 is 1.11 bits per heavy atom. The van der Waals surface area contributed by atoms with Gasteiger partial charge in [-0.1, -0.05) is 55.9 Å². The SMILES string of the molecule is [C-]#[N+]c1ccc2c(c1)CCC[C@@H]2NC(=O)[C@@H](CC1CCCCC1)Nc1cc(-n2cccc2)nc(NC)n1. The molecule has 8 nitrogen and oxygen atoms in total. The third-order valence-electron chi connectivity index (χ3n) is 7.62. The van der Waals surface area contributed by atoms with Gasteiger partial charge in [-0.2, -0.15) is 9.97 Å². The molecule has 2 aliphatic carbocycles. The highest BCUT2D eigenvalue weighted by molar-refractivity contribution is 5.85. The number of carbonyl (C=O) groups excluding carboxylic acids is 1. The van der Waals surface area contributed by atoms with Crippen LogP contribution in [0.5, 0.6) is 0 Å². The van der Waals surface area contributed by atoms with Crippen LogP contribution in [0.15, 0.2) is 48.8 Å². The Kier molecular flexibility index (Phi) is 7.69. The van der Waals surface area contributed by atoms with Crippen LogP contribution < -0.4 is 16.0 Å². The average Bonchev–Trinajstić information content (AvgIpc) is 3.48. The van der Waals surface area contributed by atoms with Crippen molar-refractivity contribution in [3.05, 3.63) is 71.3 Å². The fourth-order valence-corrected chi connectivity index (χ4v) is 5.70. The summed E-state index contributed by atoms with van der Waals surface area (Å²) >= 11 is 0.